The van der Waals surface area contributed by atoms with Crippen LogP contribution in [0.25, 0.3) is 0 Å². The summed E-state index contributed by atoms with van der Waals surface area (Å²) in [6, 6.07) is 9.87. The number of amides is 1. The third kappa shape index (κ3) is 5.29. The summed E-state index contributed by atoms with van der Waals surface area (Å²) in [7, 11) is 2.97. The first kappa shape index (κ1) is 18.4. The van der Waals surface area contributed by atoms with Crippen LogP contribution in [0.15, 0.2) is 41.5 Å². The van der Waals surface area contributed by atoms with Crippen molar-refractivity contribution < 1.29 is 24.1 Å². The summed E-state index contributed by atoms with van der Waals surface area (Å²) in [6.07, 6.45) is 1.37. The number of ether oxygens (including phenoxy) is 3. The van der Waals surface area contributed by atoms with Crippen molar-refractivity contribution in [2.24, 2.45) is 5.10 Å². The number of hydrazone groups is 1. The van der Waals surface area contributed by atoms with E-state index in [1.165, 1.54) is 25.5 Å². The van der Waals surface area contributed by atoms with Crippen LogP contribution in [0.3, 0.4) is 0 Å². The quantitative estimate of drug-likeness (QED) is 0.582. The Bertz CT molecular complexity index is 762. The highest BCUT2D eigenvalue weighted by Gasteiger charge is 2.08. The molecule has 8 heteroatoms. The van der Waals surface area contributed by atoms with E-state index in [1.807, 2.05) is 0 Å². The van der Waals surface area contributed by atoms with Gasteiger partial charge in [-0.15, -0.1) is 0 Å². The third-order valence-electron chi connectivity index (χ3n) is 3.10. The summed E-state index contributed by atoms with van der Waals surface area (Å²) in [6.45, 7) is -0.191. The lowest BCUT2D eigenvalue weighted by Crippen LogP contribution is -2.24. The molecule has 0 saturated carbocycles. The maximum atomic E-state index is 11.7. The van der Waals surface area contributed by atoms with Crippen LogP contribution in [-0.2, 0) is 4.79 Å². The number of aromatic hydroxyl groups is 1. The molecule has 0 aliphatic rings. The maximum Gasteiger partial charge on any atom is 0.277 e. The molecule has 2 N–H and O–H groups in total. The van der Waals surface area contributed by atoms with E-state index in [0.29, 0.717) is 17.1 Å². The Hall–Kier alpha value is -2.93. The lowest BCUT2D eigenvalue weighted by Gasteiger charge is -2.07. The number of nitrogens with zero attached hydrogens (tertiary/aromatic N) is 1. The van der Waals surface area contributed by atoms with Crippen LogP contribution in [0.4, 0.5) is 0 Å². The Morgan fingerprint density at radius 1 is 1.20 bits per heavy atom. The number of nitrogens with one attached hydrogen (secondary N) is 1. The van der Waals surface area contributed by atoms with Crippen LogP contribution in [0.5, 0.6) is 23.0 Å². The van der Waals surface area contributed by atoms with Gasteiger partial charge in [-0.25, -0.2) is 5.43 Å². The Morgan fingerprint density at radius 2 is 1.88 bits per heavy atom. The minimum absolute atomic E-state index is 0.120. The van der Waals surface area contributed by atoms with Gasteiger partial charge in [-0.2, -0.15) is 5.10 Å². The van der Waals surface area contributed by atoms with E-state index in [9.17, 15) is 9.90 Å². The normalized spacial score (nSPS) is 10.5. The van der Waals surface area contributed by atoms with Crippen molar-refractivity contribution in [1.82, 2.24) is 5.43 Å². The Morgan fingerprint density at radius 3 is 2.52 bits per heavy atom. The largest absolute Gasteiger partial charge is 0.503 e. The number of hydrogen-bond acceptors (Lipinski definition) is 6. The summed E-state index contributed by atoms with van der Waals surface area (Å²) in [5.74, 6) is 0.865. The van der Waals surface area contributed by atoms with Crippen LogP contribution in [-0.4, -0.2) is 38.1 Å². The standard InChI is InChI=1S/C17H17ClN2O5/c1-23-12-3-5-13(6-4-12)25-10-16(21)20-19-9-11-7-14(18)17(22)15(8-11)24-2/h3-9,22H,10H2,1-2H3,(H,20,21)/b19-9+. The third-order valence-corrected chi connectivity index (χ3v) is 3.39. The Kier molecular flexibility index (Phi) is 6.47. The lowest BCUT2D eigenvalue weighted by atomic mass is 10.2. The number of carbonyl (C=O) groups excluding carboxylic acids is 1. The molecule has 0 aromatic heterocycles. The van der Waals surface area contributed by atoms with Gasteiger partial charge in [0.2, 0.25) is 0 Å². The Labute approximate surface area is 149 Å². The molecular weight excluding hydrogens is 348 g/mol. The average molecular weight is 365 g/mol. The van der Waals surface area contributed by atoms with Crippen molar-refractivity contribution in [3.63, 3.8) is 0 Å². The molecule has 132 valence electrons. The molecular formula is C17H17ClN2O5. The molecule has 0 atom stereocenters. The molecule has 1 amide bonds. The van der Waals surface area contributed by atoms with Gasteiger partial charge in [-0.05, 0) is 42.0 Å². The zero-order valence-corrected chi connectivity index (χ0v) is 14.4. The number of carbonyl (C=O) groups is 1. The number of rotatable bonds is 7. The van der Waals surface area contributed by atoms with E-state index in [2.05, 4.69) is 10.5 Å². The second kappa shape index (κ2) is 8.79. The van der Waals surface area contributed by atoms with Gasteiger partial charge < -0.3 is 19.3 Å². The molecule has 2 aromatic carbocycles. The monoisotopic (exact) mass is 364 g/mol. The van der Waals surface area contributed by atoms with Crippen molar-refractivity contribution >= 4 is 23.7 Å². The van der Waals surface area contributed by atoms with E-state index in [1.54, 1.807) is 31.4 Å². The van der Waals surface area contributed by atoms with Crippen molar-refractivity contribution in [3.05, 3.63) is 47.0 Å². The van der Waals surface area contributed by atoms with Gasteiger partial charge >= 0.3 is 0 Å². The smallest absolute Gasteiger partial charge is 0.277 e. The highest BCUT2D eigenvalue weighted by atomic mass is 35.5. The van der Waals surface area contributed by atoms with E-state index in [4.69, 9.17) is 25.8 Å². The predicted molar refractivity (Wildman–Crippen MR) is 93.9 cm³/mol. The first-order valence-electron chi connectivity index (χ1n) is 7.18. The first-order chi connectivity index (χ1) is 12.0. The zero-order chi connectivity index (χ0) is 18.2. The Balaban J connectivity index is 1.86. The minimum atomic E-state index is -0.427. The van der Waals surface area contributed by atoms with Gasteiger partial charge in [0.15, 0.2) is 18.1 Å². The van der Waals surface area contributed by atoms with Gasteiger partial charge in [0.25, 0.3) is 5.91 Å². The van der Waals surface area contributed by atoms with Crippen molar-refractivity contribution in [2.75, 3.05) is 20.8 Å². The fourth-order valence-corrected chi connectivity index (χ4v) is 2.07. The van der Waals surface area contributed by atoms with Gasteiger partial charge in [-0.1, -0.05) is 11.6 Å². The summed E-state index contributed by atoms with van der Waals surface area (Å²) in [5, 5.41) is 13.6. The molecule has 0 aliphatic heterocycles. The number of hydrogen-bond donors (Lipinski definition) is 2. The molecule has 0 fully saturated rings. The summed E-state index contributed by atoms with van der Waals surface area (Å²) in [5.41, 5.74) is 2.88. The maximum absolute atomic E-state index is 11.7. The van der Waals surface area contributed by atoms with Crippen LogP contribution in [0.1, 0.15) is 5.56 Å². The second-order valence-electron chi connectivity index (χ2n) is 4.81. The molecule has 7 nitrogen and oxygen atoms in total. The molecule has 0 unspecified atom stereocenters. The second-order valence-corrected chi connectivity index (χ2v) is 5.22. The fraction of sp³-hybridized carbons (Fsp3) is 0.176. The van der Waals surface area contributed by atoms with Crippen LogP contribution < -0.4 is 19.6 Å². The summed E-state index contributed by atoms with van der Waals surface area (Å²) < 4.78 is 15.3. The number of methoxy groups -OCH3 is 2. The summed E-state index contributed by atoms with van der Waals surface area (Å²) >= 11 is 5.87. The molecule has 0 spiro atoms. The SMILES string of the molecule is COc1ccc(OCC(=O)N/N=C/c2cc(Cl)c(O)c(OC)c2)cc1. The number of phenols is 1. The molecule has 0 bridgehead atoms. The molecule has 0 heterocycles. The molecule has 0 radical (unpaired) electrons. The highest BCUT2D eigenvalue weighted by molar-refractivity contribution is 6.32. The predicted octanol–water partition coefficient (Wildman–Crippen LogP) is 2.59. The highest BCUT2D eigenvalue weighted by Crippen LogP contribution is 2.34. The molecule has 2 rings (SSSR count). The zero-order valence-electron chi connectivity index (χ0n) is 13.7. The van der Waals surface area contributed by atoms with Crippen molar-refractivity contribution in [1.29, 1.82) is 0 Å². The van der Waals surface area contributed by atoms with Crippen LogP contribution in [0.2, 0.25) is 5.02 Å². The number of phenolic OH excluding ortho intramolecular Hbond substituents is 1. The van der Waals surface area contributed by atoms with Gasteiger partial charge in [-0.3, -0.25) is 4.79 Å². The molecule has 25 heavy (non-hydrogen) atoms. The molecule has 0 saturated heterocycles. The van der Waals surface area contributed by atoms with Gasteiger partial charge in [0, 0.05) is 0 Å². The first-order valence-corrected chi connectivity index (χ1v) is 7.56. The topological polar surface area (TPSA) is 89.4 Å². The van der Waals surface area contributed by atoms with E-state index in [-0.39, 0.29) is 23.1 Å². The minimum Gasteiger partial charge on any atom is -0.503 e. The van der Waals surface area contributed by atoms with Gasteiger partial charge in [0.05, 0.1) is 25.5 Å². The van der Waals surface area contributed by atoms with Crippen LogP contribution >= 0.6 is 11.6 Å². The van der Waals surface area contributed by atoms with E-state index in [0.717, 1.165) is 0 Å². The number of halogens is 1. The van der Waals surface area contributed by atoms with Gasteiger partial charge in [0.1, 0.15) is 11.5 Å². The van der Waals surface area contributed by atoms with Crippen molar-refractivity contribution in [3.8, 4) is 23.0 Å². The van der Waals surface area contributed by atoms with Crippen molar-refractivity contribution in [2.45, 2.75) is 0 Å². The lowest BCUT2D eigenvalue weighted by molar-refractivity contribution is -0.123. The van der Waals surface area contributed by atoms with E-state index >= 15 is 0 Å². The van der Waals surface area contributed by atoms with Crippen LogP contribution in [0, 0.1) is 0 Å². The fourth-order valence-electron chi connectivity index (χ4n) is 1.86. The number of benzene rings is 2. The average Bonchev–Trinajstić information content (AvgIpc) is 2.63. The summed E-state index contributed by atoms with van der Waals surface area (Å²) in [4.78, 5) is 11.7. The molecule has 2 aromatic rings. The molecule has 0 aliphatic carbocycles. The van der Waals surface area contributed by atoms with E-state index < -0.39 is 5.91 Å².